The summed E-state index contributed by atoms with van der Waals surface area (Å²) in [5.41, 5.74) is 1.10. The lowest BCUT2D eigenvalue weighted by Crippen LogP contribution is -2.58. The number of hydrogen-bond acceptors (Lipinski definition) is 6. The first kappa shape index (κ1) is 16.9. The molecular formula is C19H27N5S. The van der Waals surface area contributed by atoms with Crippen LogP contribution in [0.2, 0.25) is 0 Å². The number of aromatic nitrogens is 3. The smallest absolute Gasteiger partial charge is 0.151 e. The number of likely N-dealkylation sites (N-methyl/N-ethyl adjacent to an activating group) is 1. The summed E-state index contributed by atoms with van der Waals surface area (Å²) in [5, 5.41) is 10.2. The van der Waals surface area contributed by atoms with Crippen LogP contribution in [0.4, 0.5) is 5.82 Å². The molecular weight excluding hydrogens is 330 g/mol. The van der Waals surface area contributed by atoms with Gasteiger partial charge in [0.2, 0.25) is 0 Å². The minimum atomic E-state index is 0.0529. The molecule has 134 valence electrons. The summed E-state index contributed by atoms with van der Waals surface area (Å²) in [4.78, 5) is 10.7. The van der Waals surface area contributed by atoms with Gasteiger partial charge in [-0.05, 0) is 32.0 Å². The molecule has 0 aromatic carbocycles. The van der Waals surface area contributed by atoms with E-state index in [-0.39, 0.29) is 5.41 Å². The second kappa shape index (κ2) is 6.32. The van der Waals surface area contributed by atoms with Crippen LogP contribution in [0.1, 0.15) is 55.1 Å². The fraction of sp³-hybridized carbons (Fsp3) is 0.632. The lowest BCUT2D eigenvalue weighted by Gasteiger charge is -2.44. The first-order chi connectivity index (χ1) is 11.9. The SMILES string of the molecule is CN(Cc1cnc(C2CC2)s1)C1CN(c2ccc(C(C)(C)C)nn2)C1. The summed E-state index contributed by atoms with van der Waals surface area (Å²) in [6.07, 6.45) is 4.73. The molecule has 4 rings (SSSR count). The second-order valence-corrected chi connectivity index (χ2v) is 9.59. The van der Waals surface area contributed by atoms with Crippen molar-refractivity contribution in [2.75, 3.05) is 25.0 Å². The second-order valence-electron chi connectivity index (χ2n) is 8.44. The van der Waals surface area contributed by atoms with Gasteiger partial charge in [0.05, 0.1) is 10.7 Å². The Morgan fingerprint density at radius 2 is 1.96 bits per heavy atom. The van der Waals surface area contributed by atoms with Crippen LogP contribution in [0.5, 0.6) is 0 Å². The van der Waals surface area contributed by atoms with Crippen LogP contribution < -0.4 is 4.90 Å². The van der Waals surface area contributed by atoms with Gasteiger partial charge in [-0.25, -0.2) is 4.98 Å². The molecule has 1 aliphatic heterocycles. The minimum absolute atomic E-state index is 0.0529. The zero-order valence-corrected chi connectivity index (χ0v) is 16.4. The van der Waals surface area contributed by atoms with Crippen LogP contribution in [-0.2, 0) is 12.0 Å². The average Bonchev–Trinajstić information content (AvgIpc) is 3.26. The Hall–Kier alpha value is -1.53. The predicted molar refractivity (Wildman–Crippen MR) is 102 cm³/mol. The van der Waals surface area contributed by atoms with Gasteiger partial charge < -0.3 is 4.90 Å². The van der Waals surface area contributed by atoms with E-state index in [2.05, 4.69) is 71.1 Å². The highest BCUT2D eigenvalue weighted by Gasteiger charge is 2.32. The van der Waals surface area contributed by atoms with Gasteiger partial charge in [-0.2, -0.15) is 5.10 Å². The molecule has 0 radical (unpaired) electrons. The summed E-state index contributed by atoms with van der Waals surface area (Å²) in [5.74, 6) is 1.75. The average molecular weight is 358 g/mol. The molecule has 1 saturated heterocycles. The van der Waals surface area contributed by atoms with Crippen molar-refractivity contribution in [2.24, 2.45) is 0 Å². The van der Waals surface area contributed by atoms with E-state index in [1.165, 1.54) is 22.7 Å². The maximum absolute atomic E-state index is 4.59. The topological polar surface area (TPSA) is 45.2 Å². The van der Waals surface area contributed by atoms with Crippen molar-refractivity contribution in [3.63, 3.8) is 0 Å². The van der Waals surface area contributed by atoms with Crippen molar-refractivity contribution in [3.05, 3.63) is 33.9 Å². The molecule has 0 bridgehead atoms. The van der Waals surface area contributed by atoms with Gasteiger partial charge in [0, 0.05) is 48.1 Å². The molecule has 6 heteroatoms. The van der Waals surface area contributed by atoms with E-state index in [1.54, 1.807) is 0 Å². The van der Waals surface area contributed by atoms with E-state index in [1.807, 2.05) is 11.3 Å². The van der Waals surface area contributed by atoms with E-state index in [9.17, 15) is 0 Å². The standard InChI is InChI=1S/C19H27N5S/c1-19(2,3)16-7-8-17(22-21-16)24-10-14(11-24)23(4)12-15-9-20-18(25-15)13-5-6-13/h7-9,13-14H,5-6,10-12H2,1-4H3. The molecule has 0 spiro atoms. The predicted octanol–water partition coefficient (Wildman–Crippen LogP) is 3.43. The summed E-state index contributed by atoms with van der Waals surface area (Å²) in [6.45, 7) is 9.54. The lowest BCUT2D eigenvalue weighted by atomic mass is 9.92. The summed E-state index contributed by atoms with van der Waals surface area (Å²) in [7, 11) is 2.22. The normalized spacial score (nSPS) is 18.7. The molecule has 2 aromatic rings. The molecule has 5 nitrogen and oxygen atoms in total. The van der Waals surface area contributed by atoms with Crippen LogP contribution in [0.15, 0.2) is 18.3 Å². The van der Waals surface area contributed by atoms with Crippen LogP contribution >= 0.6 is 11.3 Å². The van der Waals surface area contributed by atoms with Gasteiger partial charge in [-0.15, -0.1) is 16.4 Å². The van der Waals surface area contributed by atoms with Crippen molar-refractivity contribution in [3.8, 4) is 0 Å². The third-order valence-electron chi connectivity index (χ3n) is 5.13. The van der Waals surface area contributed by atoms with Gasteiger partial charge in [-0.3, -0.25) is 4.90 Å². The van der Waals surface area contributed by atoms with E-state index in [0.29, 0.717) is 6.04 Å². The molecule has 0 unspecified atom stereocenters. The third-order valence-corrected chi connectivity index (χ3v) is 6.28. The van der Waals surface area contributed by atoms with Crippen molar-refractivity contribution < 1.29 is 0 Å². The molecule has 0 amide bonds. The van der Waals surface area contributed by atoms with Crippen molar-refractivity contribution >= 4 is 17.2 Å². The molecule has 0 atom stereocenters. The monoisotopic (exact) mass is 357 g/mol. The Bertz CT molecular complexity index is 723. The zero-order chi connectivity index (χ0) is 17.6. The number of hydrogen-bond donors (Lipinski definition) is 0. The Morgan fingerprint density at radius 3 is 2.56 bits per heavy atom. The van der Waals surface area contributed by atoms with E-state index in [4.69, 9.17) is 0 Å². The Balaban J connectivity index is 1.30. The molecule has 1 aliphatic carbocycles. The van der Waals surface area contributed by atoms with Gasteiger partial charge in [0.1, 0.15) is 0 Å². The Morgan fingerprint density at radius 1 is 1.20 bits per heavy atom. The lowest BCUT2D eigenvalue weighted by molar-refractivity contribution is 0.198. The van der Waals surface area contributed by atoms with Crippen LogP contribution in [0.3, 0.4) is 0 Å². The Labute approximate surface area is 154 Å². The largest absolute Gasteiger partial charge is 0.352 e. The van der Waals surface area contributed by atoms with Crippen molar-refractivity contribution in [1.82, 2.24) is 20.1 Å². The highest BCUT2D eigenvalue weighted by molar-refractivity contribution is 7.11. The summed E-state index contributed by atoms with van der Waals surface area (Å²) in [6, 6.07) is 4.79. The highest BCUT2D eigenvalue weighted by atomic mass is 32.1. The minimum Gasteiger partial charge on any atom is -0.352 e. The summed E-state index contributed by atoms with van der Waals surface area (Å²) < 4.78 is 0. The van der Waals surface area contributed by atoms with E-state index in [0.717, 1.165) is 37.1 Å². The fourth-order valence-corrected chi connectivity index (χ4v) is 4.25. The van der Waals surface area contributed by atoms with Crippen LogP contribution in [0.25, 0.3) is 0 Å². The quantitative estimate of drug-likeness (QED) is 0.820. The first-order valence-electron chi connectivity index (χ1n) is 9.14. The number of anilines is 1. The molecule has 2 aliphatic rings. The van der Waals surface area contributed by atoms with Crippen LogP contribution in [-0.4, -0.2) is 46.3 Å². The number of thiazole rings is 1. The number of nitrogens with zero attached hydrogens (tertiary/aromatic N) is 5. The van der Waals surface area contributed by atoms with Gasteiger partial charge in [0.15, 0.2) is 5.82 Å². The zero-order valence-electron chi connectivity index (χ0n) is 15.6. The maximum atomic E-state index is 4.59. The Kier molecular flexibility index (Phi) is 4.28. The highest BCUT2D eigenvalue weighted by Crippen LogP contribution is 2.42. The molecule has 25 heavy (non-hydrogen) atoms. The van der Waals surface area contributed by atoms with Crippen LogP contribution in [0, 0.1) is 0 Å². The van der Waals surface area contributed by atoms with Crippen molar-refractivity contribution in [1.29, 1.82) is 0 Å². The molecule has 1 saturated carbocycles. The van der Waals surface area contributed by atoms with Crippen molar-refractivity contribution in [2.45, 2.75) is 57.5 Å². The fourth-order valence-electron chi connectivity index (χ4n) is 3.10. The molecule has 2 fully saturated rings. The summed E-state index contributed by atoms with van der Waals surface area (Å²) >= 11 is 1.90. The third kappa shape index (κ3) is 3.70. The van der Waals surface area contributed by atoms with E-state index < -0.39 is 0 Å². The molecule has 2 aromatic heterocycles. The van der Waals surface area contributed by atoms with Gasteiger partial charge in [0.25, 0.3) is 0 Å². The molecule has 0 N–H and O–H groups in total. The number of rotatable bonds is 5. The van der Waals surface area contributed by atoms with Gasteiger partial charge >= 0.3 is 0 Å². The first-order valence-corrected chi connectivity index (χ1v) is 9.96. The molecule has 3 heterocycles. The van der Waals surface area contributed by atoms with E-state index >= 15 is 0 Å². The maximum Gasteiger partial charge on any atom is 0.151 e. The van der Waals surface area contributed by atoms with Gasteiger partial charge in [-0.1, -0.05) is 20.8 Å².